The lowest BCUT2D eigenvalue weighted by Gasteiger charge is -2.41. The molecule has 0 bridgehead atoms. The maximum atomic E-state index is 11.8. The first-order chi connectivity index (χ1) is 11.5. The number of carboxylic acid groups (broad SMARTS) is 1. The van der Waals surface area contributed by atoms with Crippen LogP contribution in [0, 0.1) is 12.3 Å². The fraction of sp³-hybridized carbons (Fsp3) is 0.588. The number of aromatic carboxylic acids is 1. The predicted octanol–water partition coefficient (Wildman–Crippen LogP) is 1.98. The minimum Gasteiger partial charge on any atom is -0.478 e. The van der Waals surface area contributed by atoms with E-state index in [9.17, 15) is 9.90 Å². The molecule has 24 heavy (non-hydrogen) atoms. The molecule has 0 aliphatic carbocycles. The van der Waals surface area contributed by atoms with Crippen molar-refractivity contribution >= 4 is 22.7 Å². The van der Waals surface area contributed by atoms with Crippen LogP contribution < -0.4 is 4.90 Å². The number of hydrogen-bond acceptors (Lipinski definition) is 5. The van der Waals surface area contributed by atoms with Crippen LogP contribution in [-0.2, 0) is 11.8 Å². The van der Waals surface area contributed by atoms with E-state index in [0.717, 1.165) is 68.0 Å². The number of ether oxygens (including phenoxy) is 1. The molecule has 1 spiro atoms. The van der Waals surface area contributed by atoms with Gasteiger partial charge in [0.05, 0.1) is 23.4 Å². The molecular formula is C17H22N4O3. The Balaban J connectivity index is 1.87. The monoisotopic (exact) mass is 330 g/mol. The Morgan fingerprint density at radius 3 is 2.96 bits per heavy atom. The summed E-state index contributed by atoms with van der Waals surface area (Å²) in [6, 6.07) is 0. The minimum absolute atomic E-state index is 0.153. The van der Waals surface area contributed by atoms with Crippen LogP contribution in [0.15, 0.2) is 6.20 Å². The van der Waals surface area contributed by atoms with Crippen LogP contribution in [0.2, 0.25) is 0 Å². The number of rotatable bonds is 2. The first kappa shape index (κ1) is 15.4. The molecule has 0 unspecified atom stereocenters. The van der Waals surface area contributed by atoms with Crippen LogP contribution in [0.3, 0.4) is 0 Å². The molecule has 0 radical (unpaired) electrons. The van der Waals surface area contributed by atoms with Crippen LogP contribution in [0.5, 0.6) is 0 Å². The molecule has 0 amide bonds. The Labute approximate surface area is 140 Å². The van der Waals surface area contributed by atoms with Crippen LogP contribution in [0.4, 0.5) is 5.69 Å². The highest BCUT2D eigenvalue weighted by Gasteiger charge is 2.40. The van der Waals surface area contributed by atoms with Crippen molar-refractivity contribution in [3.05, 3.63) is 17.5 Å². The molecule has 128 valence electrons. The number of aryl methyl sites for hydroxylation is 2. The third-order valence-corrected chi connectivity index (χ3v) is 5.39. The Hall–Kier alpha value is -2.15. The van der Waals surface area contributed by atoms with Gasteiger partial charge in [0, 0.05) is 38.4 Å². The second kappa shape index (κ2) is 5.44. The number of carbonyl (C=O) groups is 1. The topological polar surface area (TPSA) is 80.5 Å². The molecule has 2 aliphatic heterocycles. The van der Waals surface area contributed by atoms with Gasteiger partial charge in [0.2, 0.25) is 0 Å². The molecule has 7 nitrogen and oxygen atoms in total. The van der Waals surface area contributed by atoms with Crippen molar-refractivity contribution in [2.45, 2.75) is 26.2 Å². The number of hydrogen-bond donors (Lipinski definition) is 1. The summed E-state index contributed by atoms with van der Waals surface area (Å²) in [5.41, 5.74) is 2.73. The number of anilines is 1. The summed E-state index contributed by atoms with van der Waals surface area (Å²) in [5.74, 6) is -0.940. The summed E-state index contributed by atoms with van der Waals surface area (Å²) in [6.45, 7) is 5.18. The highest BCUT2D eigenvalue weighted by molar-refractivity contribution is 6.04. The minimum atomic E-state index is -0.940. The van der Waals surface area contributed by atoms with Crippen molar-refractivity contribution in [2.24, 2.45) is 12.5 Å². The van der Waals surface area contributed by atoms with Gasteiger partial charge in [-0.15, -0.1) is 0 Å². The number of carboxylic acids is 1. The average Bonchev–Trinajstić information content (AvgIpc) is 3.11. The summed E-state index contributed by atoms with van der Waals surface area (Å²) in [5, 5.41) is 15.0. The van der Waals surface area contributed by atoms with Gasteiger partial charge in [-0.3, -0.25) is 4.68 Å². The van der Waals surface area contributed by atoms with E-state index in [-0.39, 0.29) is 11.0 Å². The average molecular weight is 330 g/mol. The molecule has 1 N–H and O–H groups in total. The van der Waals surface area contributed by atoms with E-state index in [1.165, 1.54) is 6.20 Å². The second-order valence-corrected chi connectivity index (χ2v) is 7.06. The van der Waals surface area contributed by atoms with Crippen LogP contribution in [0.25, 0.3) is 11.0 Å². The Bertz CT molecular complexity index is 808. The van der Waals surface area contributed by atoms with E-state index in [1.54, 1.807) is 4.68 Å². The van der Waals surface area contributed by atoms with Gasteiger partial charge >= 0.3 is 5.97 Å². The molecule has 2 saturated heterocycles. The Kier molecular flexibility index (Phi) is 3.49. The molecule has 7 heteroatoms. The van der Waals surface area contributed by atoms with Crippen LogP contribution >= 0.6 is 0 Å². The molecule has 4 rings (SSSR count). The molecule has 2 aliphatic rings. The maximum Gasteiger partial charge on any atom is 0.339 e. The second-order valence-electron chi connectivity index (χ2n) is 7.06. The van der Waals surface area contributed by atoms with Crippen molar-refractivity contribution in [1.29, 1.82) is 0 Å². The molecule has 0 aromatic carbocycles. The fourth-order valence-corrected chi connectivity index (χ4v) is 4.25. The lowest BCUT2D eigenvalue weighted by atomic mass is 9.79. The molecule has 0 saturated carbocycles. The zero-order valence-corrected chi connectivity index (χ0v) is 14.1. The molecular weight excluding hydrogens is 308 g/mol. The van der Waals surface area contributed by atoms with Crippen molar-refractivity contribution in [1.82, 2.24) is 14.8 Å². The van der Waals surface area contributed by atoms with Crippen molar-refractivity contribution in [3.8, 4) is 0 Å². The summed E-state index contributed by atoms with van der Waals surface area (Å²) in [7, 11) is 1.84. The number of fused-ring (bicyclic) bond motifs is 1. The van der Waals surface area contributed by atoms with Gasteiger partial charge in [-0.1, -0.05) is 0 Å². The van der Waals surface area contributed by atoms with Crippen molar-refractivity contribution in [2.75, 3.05) is 31.2 Å². The SMILES string of the molecule is Cc1nn(C)c2ncc(C(=O)O)c(N3CCC[C@@]4(CCOC4)C3)c12. The van der Waals surface area contributed by atoms with E-state index in [4.69, 9.17) is 4.74 Å². The van der Waals surface area contributed by atoms with Gasteiger partial charge in [-0.05, 0) is 26.2 Å². The molecule has 1 atom stereocenters. The number of aromatic nitrogens is 3. The van der Waals surface area contributed by atoms with E-state index in [1.807, 2.05) is 14.0 Å². The van der Waals surface area contributed by atoms with Crippen molar-refractivity contribution < 1.29 is 14.6 Å². The fourth-order valence-electron chi connectivity index (χ4n) is 4.25. The zero-order valence-electron chi connectivity index (χ0n) is 14.1. The molecule has 2 aromatic rings. The van der Waals surface area contributed by atoms with Gasteiger partial charge < -0.3 is 14.7 Å². The number of piperidine rings is 1. The van der Waals surface area contributed by atoms with E-state index in [0.29, 0.717) is 0 Å². The van der Waals surface area contributed by atoms with E-state index < -0.39 is 5.97 Å². The van der Waals surface area contributed by atoms with Gasteiger partial charge in [0.25, 0.3) is 0 Å². The predicted molar refractivity (Wildman–Crippen MR) is 89.5 cm³/mol. The molecule has 4 heterocycles. The summed E-state index contributed by atoms with van der Waals surface area (Å²) in [4.78, 5) is 18.4. The maximum absolute atomic E-state index is 11.8. The van der Waals surface area contributed by atoms with E-state index in [2.05, 4.69) is 15.0 Å². The Morgan fingerprint density at radius 1 is 1.42 bits per heavy atom. The third kappa shape index (κ3) is 2.26. The lowest BCUT2D eigenvalue weighted by molar-refractivity contribution is 0.0697. The van der Waals surface area contributed by atoms with Crippen LogP contribution in [0.1, 0.15) is 35.3 Å². The lowest BCUT2D eigenvalue weighted by Crippen LogP contribution is -2.44. The first-order valence-electron chi connectivity index (χ1n) is 8.39. The smallest absolute Gasteiger partial charge is 0.339 e. The largest absolute Gasteiger partial charge is 0.478 e. The van der Waals surface area contributed by atoms with Crippen LogP contribution in [-0.4, -0.2) is 52.1 Å². The Morgan fingerprint density at radius 2 is 2.25 bits per heavy atom. The number of pyridine rings is 1. The third-order valence-electron chi connectivity index (χ3n) is 5.39. The van der Waals surface area contributed by atoms with E-state index >= 15 is 0 Å². The number of nitrogens with zero attached hydrogens (tertiary/aromatic N) is 4. The first-order valence-corrected chi connectivity index (χ1v) is 8.39. The highest BCUT2D eigenvalue weighted by Crippen LogP contribution is 2.42. The molecule has 2 aromatic heterocycles. The summed E-state index contributed by atoms with van der Waals surface area (Å²) >= 11 is 0. The standard InChI is InChI=1S/C17H22N4O3/c1-11-13-14(12(16(22)23)8-18-15(13)20(2)19-11)21-6-3-4-17(9-21)5-7-24-10-17/h8H,3-7,9-10H2,1-2H3,(H,22,23)/t17-/m1/s1. The van der Waals surface area contributed by atoms with Gasteiger partial charge in [-0.25, -0.2) is 9.78 Å². The quantitative estimate of drug-likeness (QED) is 0.907. The van der Waals surface area contributed by atoms with Gasteiger partial charge in [0.15, 0.2) is 5.65 Å². The highest BCUT2D eigenvalue weighted by atomic mass is 16.5. The van der Waals surface area contributed by atoms with Crippen molar-refractivity contribution in [3.63, 3.8) is 0 Å². The zero-order chi connectivity index (χ0) is 16.9. The normalized spacial score (nSPS) is 24.2. The van der Waals surface area contributed by atoms with Gasteiger partial charge in [0.1, 0.15) is 5.56 Å². The summed E-state index contributed by atoms with van der Waals surface area (Å²) < 4.78 is 7.36. The van der Waals surface area contributed by atoms with Gasteiger partial charge in [-0.2, -0.15) is 5.10 Å². The molecule has 2 fully saturated rings. The summed E-state index contributed by atoms with van der Waals surface area (Å²) in [6.07, 6.45) is 4.71.